The van der Waals surface area contributed by atoms with Crippen LogP contribution >= 0.6 is 11.3 Å². The number of benzene rings is 1. The molecule has 2 N–H and O–H groups in total. The fraction of sp³-hybridized carbons (Fsp3) is 0.214. The van der Waals surface area contributed by atoms with Crippen LogP contribution in [0.3, 0.4) is 0 Å². The minimum absolute atomic E-state index is 0.227. The molecule has 98 valence electrons. The fourth-order valence-electron chi connectivity index (χ4n) is 2.34. The topological polar surface area (TPSA) is 40.7 Å². The summed E-state index contributed by atoms with van der Waals surface area (Å²) in [7, 11) is 1.85. The molecular weight excluding hydrogens is 261 g/mol. The van der Waals surface area contributed by atoms with E-state index >= 15 is 0 Å². The molecule has 0 bridgehead atoms. The van der Waals surface area contributed by atoms with Gasteiger partial charge >= 0.3 is 0 Å². The molecule has 5 heteroatoms. The summed E-state index contributed by atoms with van der Waals surface area (Å²) in [5.41, 5.74) is 3.86. The Morgan fingerprint density at radius 3 is 2.79 bits per heavy atom. The number of fused-ring (bicyclic) bond motifs is 1. The number of nitrogens with zero attached hydrogens (tertiary/aromatic N) is 1. The minimum Gasteiger partial charge on any atom is -0.365 e. The first kappa shape index (κ1) is 12.2. The zero-order valence-corrected chi connectivity index (χ0v) is 11.8. The van der Waals surface area contributed by atoms with Gasteiger partial charge < -0.3 is 10.3 Å². The van der Waals surface area contributed by atoms with Gasteiger partial charge in [0.25, 0.3) is 0 Å². The third-order valence-corrected chi connectivity index (χ3v) is 4.18. The summed E-state index contributed by atoms with van der Waals surface area (Å²) in [6, 6.07) is 4.79. The summed E-state index contributed by atoms with van der Waals surface area (Å²) in [6.07, 6.45) is 0. The second-order valence-corrected chi connectivity index (χ2v) is 5.69. The Morgan fingerprint density at radius 2 is 2.11 bits per heavy atom. The molecule has 1 aromatic carbocycles. The smallest absolute Gasteiger partial charge is 0.183 e. The molecule has 2 aromatic heterocycles. The Kier molecular flexibility index (Phi) is 2.78. The summed E-state index contributed by atoms with van der Waals surface area (Å²) in [4.78, 5) is 8.98. The van der Waals surface area contributed by atoms with E-state index in [4.69, 9.17) is 0 Å². The number of rotatable bonds is 2. The average Bonchev–Trinajstić information content (AvgIpc) is 2.88. The summed E-state index contributed by atoms with van der Waals surface area (Å²) in [6.45, 7) is 4.02. The van der Waals surface area contributed by atoms with Crippen molar-refractivity contribution in [3.05, 3.63) is 34.6 Å². The molecule has 0 unspecified atom stereocenters. The highest BCUT2D eigenvalue weighted by Gasteiger charge is 2.17. The predicted molar refractivity (Wildman–Crippen MR) is 78.4 cm³/mol. The van der Waals surface area contributed by atoms with Gasteiger partial charge in [-0.25, -0.2) is 9.37 Å². The van der Waals surface area contributed by atoms with E-state index in [1.807, 2.05) is 20.9 Å². The number of aryl methyl sites for hydroxylation is 2. The van der Waals surface area contributed by atoms with Crippen LogP contribution < -0.4 is 5.32 Å². The lowest BCUT2D eigenvalue weighted by Gasteiger charge is -1.99. The SMILES string of the molecule is CNc1nc(-c2c(C)[nH]c3ccc(F)cc23)c(C)s1. The first-order valence-corrected chi connectivity index (χ1v) is 6.85. The van der Waals surface area contributed by atoms with Crippen molar-refractivity contribution in [3.63, 3.8) is 0 Å². The Hall–Kier alpha value is -1.88. The first-order valence-electron chi connectivity index (χ1n) is 6.03. The Balaban J connectivity index is 2.31. The maximum Gasteiger partial charge on any atom is 0.183 e. The lowest BCUT2D eigenvalue weighted by Crippen LogP contribution is -1.87. The molecule has 2 heterocycles. The molecule has 19 heavy (non-hydrogen) atoms. The van der Waals surface area contributed by atoms with E-state index in [2.05, 4.69) is 15.3 Å². The van der Waals surface area contributed by atoms with E-state index in [0.29, 0.717) is 0 Å². The quantitative estimate of drug-likeness (QED) is 0.739. The number of aromatic nitrogens is 2. The van der Waals surface area contributed by atoms with Crippen LogP contribution in [0.4, 0.5) is 9.52 Å². The van der Waals surface area contributed by atoms with Crippen molar-refractivity contribution in [2.24, 2.45) is 0 Å². The Bertz CT molecular complexity index is 757. The molecule has 3 aromatic rings. The molecular formula is C14H14FN3S. The molecule has 0 aliphatic rings. The van der Waals surface area contributed by atoms with Crippen molar-refractivity contribution in [2.75, 3.05) is 12.4 Å². The Morgan fingerprint density at radius 1 is 1.32 bits per heavy atom. The summed E-state index contributed by atoms with van der Waals surface area (Å²) in [5, 5.41) is 4.81. The number of hydrogen-bond acceptors (Lipinski definition) is 3. The number of thiazole rings is 1. The standard InChI is InChI=1S/C14H14FN3S/c1-7-12(13-8(2)19-14(16-3)18-13)10-6-9(15)4-5-11(10)17-7/h4-6,17H,1-3H3,(H,16,18). The highest BCUT2D eigenvalue weighted by Crippen LogP contribution is 2.37. The second kappa shape index (κ2) is 4.35. The van der Waals surface area contributed by atoms with E-state index in [1.54, 1.807) is 23.5 Å². The van der Waals surface area contributed by atoms with E-state index < -0.39 is 0 Å². The summed E-state index contributed by atoms with van der Waals surface area (Å²) in [5.74, 6) is -0.227. The first-order chi connectivity index (χ1) is 9.10. The van der Waals surface area contributed by atoms with Crippen LogP contribution in [0.25, 0.3) is 22.2 Å². The highest BCUT2D eigenvalue weighted by atomic mass is 32.1. The monoisotopic (exact) mass is 275 g/mol. The van der Waals surface area contributed by atoms with E-state index in [0.717, 1.165) is 37.9 Å². The van der Waals surface area contributed by atoms with Crippen LogP contribution in [-0.2, 0) is 0 Å². The van der Waals surface area contributed by atoms with Crippen molar-refractivity contribution < 1.29 is 4.39 Å². The normalized spacial score (nSPS) is 11.2. The number of anilines is 1. The van der Waals surface area contributed by atoms with Crippen molar-refractivity contribution in [3.8, 4) is 11.3 Å². The molecule has 0 atom stereocenters. The van der Waals surface area contributed by atoms with E-state index in [9.17, 15) is 4.39 Å². The van der Waals surface area contributed by atoms with Crippen molar-refractivity contribution in [1.29, 1.82) is 0 Å². The average molecular weight is 275 g/mol. The van der Waals surface area contributed by atoms with Gasteiger partial charge in [-0.05, 0) is 32.0 Å². The third kappa shape index (κ3) is 1.90. The molecule has 0 amide bonds. The maximum atomic E-state index is 13.5. The van der Waals surface area contributed by atoms with Crippen LogP contribution in [0, 0.1) is 19.7 Å². The molecule has 0 aliphatic carbocycles. The van der Waals surface area contributed by atoms with Gasteiger partial charge in [0, 0.05) is 34.1 Å². The van der Waals surface area contributed by atoms with Crippen LogP contribution in [0.5, 0.6) is 0 Å². The van der Waals surface area contributed by atoms with Gasteiger partial charge in [0.05, 0.1) is 5.69 Å². The van der Waals surface area contributed by atoms with Gasteiger partial charge in [0.1, 0.15) is 5.82 Å². The molecule has 0 aliphatic heterocycles. The van der Waals surface area contributed by atoms with Gasteiger partial charge in [-0.3, -0.25) is 0 Å². The summed E-state index contributed by atoms with van der Waals surface area (Å²) >= 11 is 1.60. The molecule has 0 saturated heterocycles. The molecule has 0 radical (unpaired) electrons. The third-order valence-electron chi connectivity index (χ3n) is 3.20. The van der Waals surface area contributed by atoms with Gasteiger partial charge in [0.2, 0.25) is 0 Å². The van der Waals surface area contributed by atoms with E-state index in [-0.39, 0.29) is 5.82 Å². The van der Waals surface area contributed by atoms with Gasteiger partial charge in [-0.1, -0.05) is 0 Å². The number of H-pyrrole nitrogens is 1. The molecule has 3 nitrogen and oxygen atoms in total. The van der Waals surface area contributed by atoms with Crippen LogP contribution in [0.1, 0.15) is 10.6 Å². The molecule has 0 spiro atoms. The fourth-order valence-corrected chi connectivity index (χ4v) is 3.11. The highest BCUT2D eigenvalue weighted by molar-refractivity contribution is 7.16. The summed E-state index contributed by atoms with van der Waals surface area (Å²) < 4.78 is 13.5. The number of hydrogen-bond donors (Lipinski definition) is 2. The Labute approximate surface area is 114 Å². The maximum absolute atomic E-state index is 13.5. The van der Waals surface area contributed by atoms with Crippen LogP contribution in [0.15, 0.2) is 18.2 Å². The molecule has 0 fully saturated rings. The largest absolute Gasteiger partial charge is 0.365 e. The zero-order valence-electron chi connectivity index (χ0n) is 11.0. The minimum atomic E-state index is -0.227. The number of aromatic amines is 1. The van der Waals surface area contributed by atoms with Crippen LogP contribution in [0.2, 0.25) is 0 Å². The van der Waals surface area contributed by atoms with Crippen molar-refractivity contribution >= 4 is 27.4 Å². The van der Waals surface area contributed by atoms with E-state index in [1.165, 1.54) is 6.07 Å². The van der Waals surface area contributed by atoms with Crippen molar-refractivity contribution in [2.45, 2.75) is 13.8 Å². The molecule has 0 saturated carbocycles. The zero-order chi connectivity index (χ0) is 13.6. The second-order valence-electron chi connectivity index (χ2n) is 4.49. The number of halogens is 1. The van der Waals surface area contributed by atoms with Gasteiger partial charge in [-0.2, -0.15) is 0 Å². The van der Waals surface area contributed by atoms with Gasteiger partial charge in [-0.15, -0.1) is 11.3 Å². The molecule has 3 rings (SSSR count). The van der Waals surface area contributed by atoms with Crippen LogP contribution in [-0.4, -0.2) is 17.0 Å². The van der Waals surface area contributed by atoms with Crippen molar-refractivity contribution in [1.82, 2.24) is 9.97 Å². The van der Waals surface area contributed by atoms with Gasteiger partial charge in [0.15, 0.2) is 5.13 Å². The predicted octanol–water partition coefficient (Wildman–Crippen LogP) is 4.09. The lowest BCUT2D eigenvalue weighted by molar-refractivity contribution is 0.630. The number of nitrogens with one attached hydrogen (secondary N) is 2. The lowest BCUT2D eigenvalue weighted by atomic mass is 10.1.